The Hall–Kier alpha value is -2.33. The lowest BCUT2D eigenvalue weighted by Gasteiger charge is -2.12. The molecule has 0 saturated carbocycles. The van der Waals surface area contributed by atoms with Gasteiger partial charge in [0.05, 0.1) is 26.9 Å². The van der Waals surface area contributed by atoms with Crippen molar-refractivity contribution in [2.75, 3.05) is 27.9 Å². The maximum atomic E-state index is 8.19. The first-order valence-electron chi connectivity index (χ1n) is 5.24. The van der Waals surface area contributed by atoms with Gasteiger partial charge in [-0.25, -0.2) is 0 Å². The van der Waals surface area contributed by atoms with Gasteiger partial charge in [0.2, 0.25) is 0 Å². The Labute approximate surface area is 105 Å². The second-order valence-corrected chi connectivity index (χ2v) is 3.26. The summed E-state index contributed by atoms with van der Waals surface area (Å²) in [6.45, 7) is 0.273. The molecule has 1 aromatic carbocycles. The SMILES string of the molecule is COc1cc(OC)c(C=CCN=[N+]=[N-])c(OC)c1. The summed E-state index contributed by atoms with van der Waals surface area (Å²) in [5.41, 5.74) is 8.96. The van der Waals surface area contributed by atoms with Gasteiger partial charge in [0.25, 0.3) is 0 Å². The Morgan fingerprint density at radius 3 is 2.22 bits per heavy atom. The number of benzene rings is 1. The van der Waals surface area contributed by atoms with Crippen LogP contribution in [-0.4, -0.2) is 27.9 Å². The minimum absolute atomic E-state index is 0.273. The minimum Gasteiger partial charge on any atom is -0.496 e. The zero-order valence-electron chi connectivity index (χ0n) is 10.6. The lowest BCUT2D eigenvalue weighted by molar-refractivity contribution is 0.374. The van der Waals surface area contributed by atoms with Crippen LogP contribution < -0.4 is 14.2 Å². The van der Waals surface area contributed by atoms with Crippen LogP contribution in [0.1, 0.15) is 5.56 Å². The summed E-state index contributed by atoms with van der Waals surface area (Å²) in [5.74, 6) is 1.91. The molecule has 18 heavy (non-hydrogen) atoms. The predicted molar refractivity (Wildman–Crippen MR) is 69.1 cm³/mol. The van der Waals surface area contributed by atoms with Gasteiger partial charge in [-0.15, -0.1) is 0 Å². The van der Waals surface area contributed by atoms with Crippen LogP contribution >= 0.6 is 0 Å². The normalized spacial score (nSPS) is 9.94. The van der Waals surface area contributed by atoms with Crippen molar-refractivity contribution >= 4 is 6.08 Å². The largest absolute Gasteiger partial charge is 0.496 e. The molecule has 0 aliphatic carbocycles. The summed E-state index contributed by atoms with van der Waals surface area (Å²) in [7, 11) is 4.71. The molecule has 0 radical (unpaired) electrons. The van der Waals surface area contributed by atoms with Gasteiger partial charge in [-0.3, -0.25) is 0 Å². The van der Waals surface area contributed by atoms with E-state index in [0.29, 0.717) is 17.2 Å². The molecule has 1 aromatic rings. The molecule has 0 aliphatic heterocycles. The van der Waals surface area contributed by atoms with E-state index in [0.717, 1.165) is 5.56 Å². The topological polar surface area (TPSA) is 76.5 Å². The second kappa shape index (κ2) is 7.09. The van der Waals surface area contributed by atoms with Crippen molar-refractivity contribution in [1.82, 2.24) is 0 Å². The Balaban J connectivity index is 3.14. The molecule has 0 spiro atoms. The van der Waals surface area contributed by atoms with Gasteiger partial charge < -0.3 is 14.2 Å². The highest BCUT2D eigenvalue weighted by atomic mass is 16.5. The Morgan fingerprint density at radius 1 is 1.17 bits per heavy atom. The Bertz CT molecular complexity index is 454. The zero-order valence-corrected chi connectivity index (χ0v) is 10.6. The van der Waals surface area contributed by atoms with Crippen LogP contribution in [0.4, 0.5) is 0 Å². The summed E-state index contributed by atoms with van der Waals surface area (Å²) in [4.78, 5) is 2.67. The first kappa shape index (κ1) is 13.7. The number of ether oxygens (including phenoxy) is 3. The smallest absolute Gasteiger partial charge is 0.133 e. The second-order valence-electron chi connectivity index (χ2n) is 3.26. The highest BCUT2D eigenvalue weighted by Crippen LogP contribution is 2.34. The average Bonchev–Trinajstić information content (AvgIpc) is 2.42. The highest BCUT2D eigenvalue weighted by molar-refractivity contribution is 5.66. The van der Waals surface area contributed by atoms with E-state index in [2.05, 4.69) is 10.0 Å². The van der Waals surface area contributed by atoms with Crippen LogP contribution in [-0.2, 0) is 0 Å². The highest BCUT2D eigenvalue weighted by Gasteiger charge is 2.10. The monoisotopic (exact) mass is 249 g/mol. The molecule has 1 rings (SSSR count). The number of azide groups is 1. The number of rotatable bonds is 6. The van der Waals surface area contributed by atoms with Gasteiger partial charge in [-0.2, -0.15) is 0 Å². The zero-order chi connectivity index (χ0) is 13.4. The third-order valence-corrected chi connectivity index (χ3v) is 2.29. The van der Waals surface area contributed by atoms with Crippen LogP contribution in [0, 0.1) is 0 Å². The molecule has 0 fully saturated rings. The van der Waals surface area contributed by atoms with Crippen molar-refractivity contribution in [3.05, 3.63) is 34.2 Å². The molecule has 0 unspecified atom stereocenters. The molecule has 0 aliphatic rings. The van der Waals surface area contributed by atoms with Crippen LogP contribution in [0.2, 0.25) is 0 Å². The van der Waals surface area contributed by atoms with Gasteiger partial charge >= 0.3 is 0 Å². The summed E-state index contributed by atoms with van der Waals surface area (Å²) < 4.78 is 15.7. The number of hydrogen-bond acceptors (Lipinski definition) is 4. The molecule has 0 heterocycles. The lowest BCUT2D eigenvalue weighted by Crippen LogP contribution is -1.94. The quantitative estimate of drug-likeness (QED) is 0.441. The molecule has 6 nitrogen and oxygen atoms in total. The Morgan fingerprint density at radius 2 is 1.78 bits per heavy atom. The van der Waals surface area contributed by atoms with Crippen LogP contribution in [0.25, 0.3) is 16.5 Å². The van der Waals surface area contributed by atoms with E-state index in [1.165, 1.54) is 0 Å². The van der Waals surface area contributed by atoms with E-state index in [-0.39, 0.29) is 6.54 Å². The number of methoxy groups -OCH3 is 3. The molecule has 96 valence electrons. The van der Waals surface area contributed by atoms with Crippen LogP contribution in [0.5, 0.6) is 17.2 Å². The van der Waals surface area contributed by atoms with Gasteiger partial charge in [-0.05, 0) is 5.53 Å². The molecule has 0 atom stereocenters. The first-order chi connectivity index (χ1) is 8.76. The molecular weight excluding hydrogens is 234 g/mol. The van der Waals surface area contributed by atoms with Crippen molar-refractivity contribution in [3.63, 3.8) is 0 Å². The molecule has 0 saturated heterocycles. The molecule has 6 heteroatoms. The number of nitrogens with zero attached hydrogens (tertiary/aromatic N) is 3. The van der Waals surface area contributed by atoms with E-state index in [1.54, 1.807) is 45.6 Å². The minimum atomic E-state index is 0.273. The van der Waals surface area contributed by atoms with Gasteiger partial charge in [0, 0.05) is 23.6 Å². The fourth-order valence-corrected chi connectivity index (χ4v) is 1.45. The molecular formula is C12H15N3O3. The molecule has 0 amide bonds. The third-order valence-electron chi connectivity index (χ3n) is 2.29. The molecule has 0 aromatic heterocycles. The Kier molecular flexibility index (Phi) is 5.41. The summed E-state index contributed by atoms with van der Waals surface area (Å²) in [6, 6.07) is 3.52. The van der Waals surface area contributed by atoms with Crippen molar-refractivity contribution in [2.24, 2.45) is 5.11 Å². The molecule has 0 bridgehead atoms. The first-order valence-corrected chi connectivity index (χ1v) is 5.24. The van der Waals surface area contributed by atoms with Gasteiger partial charge in [0.15, 0.2) is 0 Å². The van der Waals surface area contributed by atoms with Crippen molar-refractivity contribution in [2.45, 2.75) is 0 Å². The fourth-order valence-electron chi connectivity index (χ4n) is 1.45. The van der Waals surface area contributed by atoms with E-state index in [4.69, 9.17) is 19.7 Å². The van der Waals surface area contributed by atoms with Crippen molar-refractivity contribution in [1.29, 1.82) is 0 Å². The lowest BCUT2D eigenvalue weighted by atomic mass is 10.1. The molecule has 0 N–H and O–H groups in total. The van der Waals surface area contributed by atoms with Crippen LogP contribution in [0.3, 0.4) is 0 Å². The van der Waals surface area contributed by atoms with Crippen molar-refractivity contribution < 1.29 is 14.2 Å². The number of hydrogen-bond donors (Lipinski definition) is 0. The fraction of sp³-hybridized carbons (Fsp3) is 0.333. The maximum absolute atomic E-state index is 8.19. The van der Waals surface area contributed by atoms with E-state index in [1.807, 2.05) is 0 Å². The summed E-state index contributed by atoms with van der Waals surface area (Å²) in [6.07, 6.45) is 3.51. The van der Waals surface area contributed by atoms with E-state index in [9.17, 15) is 0 Å². The maximum Gasteiger partial charge on any atom is 0.133 e. The third kappa shape index (κ3) is 3.33. The standard InChI is InChI=1S/C12H15N3O3/c1-16-9-7-11(17-2)10(12(8-9)18-3)5-4-6-14-15-13/h4-5,7-8H,6H2,1-3H3. The summed E-state index contributed by atoms with van der Waals surface area (Å²) >= 11 is 0. The van der Waals surface area contributed by atoms with Gasteiger partial charge in [0.1, 0.15) is 17.2 Å². The predicted octanol–water partition coefficient (Wildman–Crippen LogP) is 3.04. The summed E-state index contributed by atoms with van der Waals surface area (Å²) in [5, 5.41) is 3.42. The van der Waals surface area contributed by atoms with Crippen LogP contribution in [0.15, 0.2) is 23.3 Å². The van der Waals surface area contributed by atoms with Crippen molar-refractivity contribution in [3.8, 4) is 17.2 Å². The average molecular weight is 249 g/mol. The van der Waals surface area contributed by atoms with E-state index < -0.39 is 0 Å². The van der Waals surface area contributed by atoms with E-state index >= 15 is 0 Å². The van der Waals surface area contributed by atoms with Gasteiger partial charge in [-0.1, -0.05) is 17.3 Å².